The third-order valence-electron chi connectivity index (χ3n) is 4.79. The minimum atomic E-state index is -4.46. The maximum Gasteiger partial charge on any atom is 0.416 e. The minimum absolute atomic E-state index is 0.182. The van der Waals surface area contributed by atoms with Crippen molar-refractivity contribution in [2.75, 3.05) is 5.32 Å². The fourth-order valence-corrected chi connectivity index (χ4v) is 3.02. The van der Waals surface area contributed by atoms with Crippen LogP contribution in [0.5, 0.6) is 11.6 Å². The lowest BCUT2D eigenvalue weighted by molar-refractivity contribution is -0.149. The molecule has 1 unspecified atom stereocenters. The first kappa shape index (κ1) is 24.6. The molecule has 0 aliphatic heterocycles. The second-order valence-electron chi connectivity index (χ2n) is 7.70. The lowest BCUT2D eigenvalue weighted by atomic mass is 10.0. The third-order valence-corrected chi connectivity index (χ3v) is 4.79. The fourth-order valence-electron chi connectivity index (χ4n) is 3.02. The van der Waals surface area contributed by atoms with Crippen LogP contribution in [0.1, 0.15) is 31.2 Å². The molecule has 9 heteroatoms. The van der Waals surface area contributed by atoms with E-state index >= 15 is 0 Å². The summed E-state index contributed by atoms with van der Waals surface area (Å²) in [5.41, 5.74) is -0.301. The summed E-state index contributed by atoms with van der Waals surface area (Å²) in [6, 6.07) is 19.0. The second kappa shape index (κ2) is 10.7. The van der Waals surface area contributed by atoms with Crippen LogP contribution in [0.3, 0.4) is 0 Å². The Balaban J connectivity index is 1.72. The third kappa shape index (κ3) is 6.48. The topological polar surface area (TPSA) is 84.2 Å². The monoisotopic (exact) mass is 469 g/mol. The molecule has 34 heavy (non-hydrogen) atoms. The van der Waals surface area contributed by atoms with Crippen LogP contribution < -0.4 is 10.1 Å². The molecule has 1 N–H and O–H groups in total. The van der Waals surface area contributed by atoms with E-state index in [-0.39, 0.29) is 17.5 Å². The fraction of sp³-hybridized carbons (Fsp3) is 0.240. The van der Waals surface area contributed by atoms with Gasteiger partial charge in [-0.2, -0.15) is 18.4 Å². The Morgan fingerprint density at radius 3 is 2.26 bits per heavy atom. The second-order valence-corrected chi connectivity index (χ2v) is 7.70. The highest BCUT2D eigenvalue weighted by molar-refractivity contribution is 5.80. The summed E-state index contributed by atoms with van der Waals surface area (Å²) in [7, 11) is 0. The lowest BCUT2D eigenvalue weighted by Crippen LogP contribution is -2.36. The zero-order valence-corrected chi connectivity index (χ0v) is 18.4. The molecule has 1 aromatic heterocycles. The average molecular weight is 469 g/mol. The van der Waals surface area contributed by atoms with Gasteiger partial charge in [-0.3, -0.25) is 0 Å². The zero-order chi connectivity index (χ0) is 24.7. The molecule has 2 atom stereocenters. The predicted molar refractivity (Wildman–Crippen MR) is 119 cm³/mol. The van der Waals surface area contributed by atoms with Crippen molar-refractivity contribution in [1.29, 1.82) is 5.26 Å². The number of hydrogen-bond acceptors (Lipinski definition) is 6. The molecule has 0 aliphatic rings. The number of esters is 1. The highest BCUT2D eigenvalue weighted by Gasteiger charge is 2.31. The number of nitrogens with one attached hydrogen (secondary N) is 1. The van der Waals surface area contributed by atoms with Crippen molar-refractivity contribution in [3.05, 3.63) is 84.1 Å². The van der Waals surface area contributed by atoms with Gasteiger partial charge in [0.25, 0.3) is 0 Å². The summed E-state index contributed by atoms with van der Waals surface area (Å²) in [5.74, 6) is -0.242. The number of anilines is 1. The Labute approximate surface area is 195 Å². The Hall–Kier alpha value is -4.06. The van der Waals surface area contributed by atoms with Crippen molar-refractivity contribution in [3.63, 3.8) is 0 Å². The normalized spacial score (nSPS) is 13.0. The van der Waals surface area contributed by atoms with E-state index in [4.69, 9.17) is 9.47 Å². The Bertz CT molecular complexity index is 1140. The van der Waals surface area contributed by atoms with Gasteiger partial charge < -0.3 is 14.8 Å². The molecule has 0 saturated heterocycles. The zero-order valence-electron chi connectivity index (χ0n) is 18.4. The van der Waals surface area contributed by atoms with Gasteiger partial charge in [0.1, 0.15) is 17.9 Å². The molecule has 3 aromatic rings. The minimum Gasteiger partial charge on any atom is -0.439 e. The highest BCUT2D eigenvalue weighted by atomic mass is 19.4. The summed E-state index contributed by atoms with van der Waals surface area (Å²) in [4.78, 5) is 17.1. The van der Waals surface area contributed by atoms with E-state index in [0.29, 0.717) is 11.4 Å². The van der Waals surface area contributed by atoms with Crippen LogP contribution >= 0.6 is 0 Å². The summed E-state index contributed by atoms with van der Waals surface area (Å²) >= 11 is 0. The Morgan fingerprint density at radius 1 is 1.00 bits per heavy atom. The summed E-state index contributed by atoms with van der Waals surface area (Å²) in [6.45, 7) is 3.49. The summed E-state index contributed by atoms with van der Waals surface area (Å²) in [5, 5.41) is 12.5. The molecular weight excluding hydrogens is 447 g/mol. The van der Waals surface area contributed by atoms with Gasteiger partial charge in [-0.1, -0.05) is 38.1 Å². The van der Waals surface area contributed by atoms with E-state index in [2.05, 4.69) is 10.3 Å². The van der Waals surface area contributed by atoms with Crippen LogP contribution in [0.2, 0.25) is 0 Å². The van der Waals surface area contributed by atoms with Crippen molar-refractivity contribution in [2.24, 2.45) is 5.92 Å². The molecule has 3 rings (SSSR count). The van der Waals surface area contributed by atoms with E-state index in [0.717, 1.165) is 12.1 Å². The molecular formula is C25H22F3N3O3. The smallest absolute Gasteiger partial charge is 0.416 e. The predicted octanol–water partition coefficient (Wildman–Crippen LogP) is 6.14. The standard InChI is InChI=1S/C25H22F3N3O3/c1-16(2)23(30-18-13-11-17(12-14-18)25(26,27)28)24(32)34-21(15-29)20-9-6-10-22(31-20)33-19-7-4-3-5-8-19/h3-14,16,21,23,30H,1-2H3/t21?,23-/m0/s1. The number of rotatable bonds is 8. The molecule has 0 spiro atoms. The van der Waals surface area contributed by atoms with Crippen LogP contribution in [0.25, 0.3) is 0 Å². The molecule has 0 aliphatic carbocycles. The van der Waals surface area contributed by atoms with Crippen LogP contribution in [-0.4, -0.2) is 17.0 Å². The SMILES string of the molecule is CC(C)[C@H](Nc1ccc(C(F)(F)F)cc1)C(=O)OC(C#N)c1cccc(Oc2ccccc2)n1. The number of para-hydroxylation sites is 1. The summed E-state index contributed by atoms with van der Waals surface area (Å²) in [6.07, 6.45) is -5.76. The Morgan fingerprint density at radius 2 is 1.68 bits per heavy atom. The van der Waals surface area contributed by atoms with Crippen LogP contribution in [0, 0.1) is 17.2 Å². The molecule has 0 bridgehead atoms. The molecule has 1 heterocycles. The lowest BCUT2D eigenvalue weighted by Gasteiger charge is -2.23. The number of pyridine rings is 1. The average Bonchev–Trinajstić information content (AvgIpc) is 2.81. The van der Waals surface area contributed by atoms with Crippen molar-refractivity contribution in [3.8, 4) is 17.7 Å². The molecule has 0 radical (unpaired) electrons. The van der Waals surface area contributed by atoms with Crippen LogP contribution in [0.4, 0.5) is 18.9 Å². The van der Waals surface area contributed by atoms with Gasteiger partial charge in [-0.25, -0.2) is 9.78 Å². The van der Waals surface area contributed by atoms with Crippen molar-refractivity contribution in [1.82, 2.24) is 4.98 Å². The van der Waals surface area contributed by atoms with Gasteiger partial charge in [0.15, 0.2) is 0 Å². The van der Waals surface area contributed by atoms with Gasteiger partial charge in [-0.15, -0.1) is 0 Å². The molecule has 0 amide bonds. The summed E-state index contributed by atoms with van der Waals surface area (Å²) < 4.78 is 49.4. The number of carbonyl (C=O) groups is 1. The molecule has 0 saturated carbocycles. The maximum absolute atomic E-state index is 12.9. The van der Waals surface area contributed by atoms with E-state index in [1.165, 1.54) is 18.2 Å². The number of benzene rings is 2. The van der Waals surface area contributed by atoms with Gasteiger partial charge in [0.2, 0.25) is 12.0 Å². The van der Waals surface area contributed by atoms with Crippen LogP contribution in [-0.2, 0) is 15.7 Å². The van der Waals surface area contributed by atoms with Gasteiger partial charge in [-0.05, 0) is 48.4 Å². The number of hydrogen-bond donors (Lipinski definition) is 1. The van der Waals surface area contributed by atoms with Crippen molar-refractivity contribution >= 4 is 11.7 Å². The van der Waals surface area contributed by atoms with Crippen molar-refractivity contribution < 1.29 is 27.4 Å². The number of nitriles is 1. The first-order chi connectivity index (χ1) is 16.2. The van der Waals surface area contributed by atoms with Crippen LogP contribution in [0.15, 0.2) is 72.8 Å². The quantitative estimate of drug-likeness (QED) is 0.399. The molecule has 176 valence electrons. The number of alkyl halides is 3. The number of halogens is 3. The first-order valence-electron chi connectivity index (χ1n) is 10.4. The number of carbonyl (C=O) groups excluding carboxylic acids is 1. The molecule has 2 aromatic carbocycles. The van der Waals surface area contributed by atoms with Gasteiger partial charge >= 0.3 is 12.1 Å². The maximum atomic E-state index is 12.9. The van der Waals surface area contributed by atoms with E-state index in [1.54, 1.807) is 50.2 Å². The molecule has 0 fully saturated rings. The largest absolute Gasteiger partial charge is 0.439 e. The first-order valence-corrected chi connectivity index (χ1v) is 10.4. The Kier molecular flexibility index (Phi) is 7.74. The van der Waals surface area contributed by atoms with E-state index < -0.39 is 29.9 Å². The van der Waals surface area contributed by atoms with Crippen molar-refractivity contribution in [2.45, 2.75) is 32.2 Å². The van der Waals surface area contributed by atoms with E-state index in [1.807, 2.05) is 12.1 Å². The number of nitrogens with zero attached hydrogens (tertiary/aromatic N) is 2. The van der Waals surface area contributed by atoms with Gasteiger partial charge in [0.05, 0.1) is 11.3 Å². The number of aromatic nitrogens is 1. The van der Waals surface area contributed by atoms with Gasteiger partial charge in [0, 0.05) is 11.8 Å². The molecule has 6 nitrogen and oxygen atoms in total. The highest BCUT2D eigenvalue weighted by Crippen LogP contribution is 2.30. The van der Waals surface area contributed by atoms with E-state index in [9.17, 15) is 23.2 Å². The number of ether oxygens (including phenoxy) is 2.